The summed E-state index contributed by atoms with van der Waals surface area (Å²) in [5.74, 6) is 0.543. The number of hydrogen-bond donors (Lipinski definition) is 1. The van der Waals surface area contributed by atoms with E-state index in [0.29, 0.717) is 21.8 Å². The maximum absolute atomic E-state index is 12.6. The van der Waals surface area contributed by atoms with Crippen molar-refractivity contribution in [1.82, 2.24) is 9.55 Å². The van der Waals surface area contributed by atoms with Crippen LogP contribution in [-0.4, -0.2) is 27.0 Å². The molecule has 1 aromatic heterocycles. The van der Waals surface area contributed by atoms with Crippen molar-refractivity contribution in [2.75, 3.05) is 12.4 Å². The monoisotopic (exact) mass is 278 g/mol. The molecule has 0 unspecified atom stereocenters. The van der Waals surface area contributed by atoms with Crippen molar-refractivity contribution in [2.24, 2.45) is 0 Å². The van der Waals surface area contributed by atoms with Gasteiger partial charge in [0.25, 0.3) is 5.56 Å². The quantitative estimate of drug-likeness (QED) is 0.674. The third-order valence-corrected chi connectivity index (χ3v) is 4.06. The number of aliphatic hydroxyl groups is 1. The lowest BCUT2D eigenvalue weighted by molar-refractivity contribution is 0.322. The fraction of sp³-hybridized carbons (Fsp3) is 0.429. The van der Waals surface area contributed by atoms with Crippen LogP contribution in [0.4, 0.5) is 0 Å². The minimum atomic E-state index is 0.000361. The van der Waals surface area contributed by atoms with Gasteiger partial charge in [0.2, 0.25) is 0 Å². The molecule has 0 amide bonds. The van der Waals surface area contributed by atoms with Crippen molar-refractivity contribution in [1.29, 1.82) is 0 Å². The fourth-order valence-corrected chi connectivity index (χ4v) is 2.77. The predicted octanol–water partition coefficient (Wildman–Crippen LogP) is 2.45. The van der Waals surface area contributed by atoms with Crippen LogP contribution >= 0.6 is 11.8 Å². The van der Waals surface area contributed by atoms with Crippen molar-refractivity contribution < 1.29 is 5.11 Å². The second-order valence-electron chi connectivity index (χ2n) is 4.42. The van der Waals surface area contributed by atoms with Crippen LogP contribution in [0, 0.1) is 0 Å². The molecule has 0 bridgehead atoms. The number of aliphatic hydroxyl groups excluding tert-OH is 1. The molecule has 0 aliphatic heterocycles. The van der Waals surface area contributed by atoms with E-state index < -0.39 is 0 Å². The van der Waals surface area contributed by atoms with Gasteiger partial charge in [-0.2, -0.15) is 0 Å². The van der Waals surface area contributed by atoms with Gasteiger partial charge in [-0.15, -0.1) is 0 Å². The van der Waals surface area contributed by atoms with Gasteiger partial charge in [-0.05, 0) is 25.5 Å². The molecule has 1 atom stereocenters. The van der Waals surface area contributed by atoms with Crippen LogP contribution in [-0.2, 0) is 0 Å². The summed E-state index contributed by atoms with van der Waals surface area (Å²) in [7, 11) is 0. The average Bonchev–Trinajstić information content (AvgIpc) is 2.44. The van der Waals surface area contributed by atoms with Crippen molar-refractivity contribution in [3.8, 4) is 0 Å². The molecule has 102 valence electrons. The molecule has 4 nitrogen and oxygen atoms in total. The van der Waals surface area contributed by atoms with Gasteiger partial charge < -0.3 is 5.11 Å². The van der Waals surface area contributed by atoms with Crippen LogP contribution in [0.2, 0.25) is 0 Å². The summed E-state index contributed by atoms with van der Waals surface area (Å²) in [4.78, 5) is 17.1. The zero-order valence-electron chi connectivity index (χ0n) is 11.2. The number of hydrogen-bond acceptors (Lipinski definition) is 4. The van der Waals surface area contributed by atoms with E-state index in [-0.39, 0.29) is 18.2 Å². The number of nitrogens with zero attached hydrogens (tertiary/aromatic N) is 2. The van der Waals surface area contributed by atoms with Crippen molar-refractivity contribution >= 4 is 22.7 Å². The summed E-state index contributed by atoms with van der Waals surface area (Å²) in [6.45, 7) is 4.14. The summed E-state index contributed by atoms with van der Waals surface area (Å²) in [5, 5.41) is 10.3. The summed E-state index contributed by atoms with van der Waals surface area (Å²) in [6.07, 6.45) is 0.868. The lowest BCUT2D eigenvalue weighted by Gasteiger charge is -2.17. The van der Waals surface area contributed by atoms with E-state index in [1.165, 1.54) is 11.8 Å². The molecule has 5 heteroatoms. The molecule has 0 saturated carbocycles. The SMILES string of the molecule is CC[C@@H](C)n1c(SCCO)nc2ccccc2c1=O. The molecule has 2 rings (SSSR count). The van der Waals surface area contributed by atoms with E-state index in [1.807, 2.05) is 38.1 Å². The highest BCUT2D eigenvalue weighted by Crippen LogP contribution is 2.21. The first-order chi connectivity index (χ1) is 9.19. The van der Waals surface area contributed by atoms with Crippen LogP contribution in [0.15, 0.2) is 34.2 Å². The maximum atomic E-state index is 12.6. The molecule has 0 aliphatic rings. The minimum absolute atomic E-state index is 0.000361. The summed E-state index contributed by atoms with van der Waals surface area (Å²) < 4.78 is 1.74. The summed E-state index contributed by atoms with van der Waals surface area (Å²) >= 11 is 1.42. The van der Waals surface area contributed by atoms with Crippen LogP contribution in [0.1, 0.15) is 26.3 Å². The Morgan fingerprint density at radius 2 is 2.16 bits per heavy atom. The maximum Gasteiger partial charge on any atom is 0.262 e. The number of rotatable bonds is 5. The summed E-state index contributed by atoms with van der Waals surface area (Å²) in [5.41, 5.74) is 0.716. The van der Waals surface area contributed by atoms with E-state index in [9.17, 15) is 4.79 Å². The van der Waals surface area contributed by atoms with Gasteiger partial charge in [-0.25, -0.2) is 4.98 Å². The molecule has 0 radical (unpaired) electrons. The van der Waals surface area contributed by atoms with Gasteiger partial charge in [-0.1, -0.05) is 30.8 Å². The highest BCUT2D eigenvalue weighted by atomic mass is 32.2. The van der Waals surface area contributed by atoms with E-state index >= 15 is 0 Å². The standard InChI is InChI=1S/C14H18N2O2S/c1-3-10(2)16-13(18)11-6-4-5-7-12(11)15-14(16)19-9-8-17/h4-7,10,17H,3,8-9H2,1-2H3/t10-/m1/s1. The normalized spacial score (nSPS) is 12.8. The van der Waals surface area contributed by atoms with Crippen molar-refractivity contribution in [3.05, 3.63) is 34.6 Å². The molecule has 0 spiro atoms. The Balaban J connectivity index is 2.65. The van der Waals surface area contributed by atoms with Gasteiger partial charge in [0, 0.05) is 11.8 Å². The lowest BCUT2D eigenvalue weighted by Crippen LogP contribution is -2.26. The molecule has 1 N–H and O–H groups in total. The Labute approximate surface area is 116 Å². The van der Waals surface area contributed by atoms with Crippen LogP contribution < -0.4 is 5.56 Å². The largest absolute Gasteiger partial charge is 0.396 e. The van der Waals surface area contributed by atoms with E-state index in [4.69, 9.17) is 5.11 Å². The second kappa shape index (κ2) is 6.21. The number of fused-ring (bicyclic) bond motifs is 1. The molecule has 1 aromatic carbocycles. The zero-order valence-corrected chi connectivity index (χ0v) is 12.0. The van der Waals surface area contributed by atoms with Crippen LogP contribution in [0.5, 0.6) is 0 Å². The van der Waals surface area contributed by atoms with Crippen molar-refractivity contribution in [3.63, 3.8) is 0 Å². The Morgan fingerprint density at radius 1 is 1.42 bits per heavy atom. The Morgan fingerprint density at radius 3 is 2.84 bits per heavy atom. The molecule has 19 heavy (non-hydrogen) atoms. The third kappa shape index (κ3) is 2.82. The second-order valence-corrected chi connectivity index (χ2v) is 5.48. The lowest BCUT2D eigenvalue weighted by atomic mass is 10.2. The number of benzene rings is 1. The topological polar surface area (TPSA) is 55.1 Å². The molecule has 2 aromatic rings. The predicted molar refractivity (Wildman–Crippen MR) is 78.8 cm³/mol. The Kier molecular flexibility index (Phi) is 4.61. The van der Waals surface area contributed by atoms with Gasteiger partial charge in [-0.3, -0.25) is 9.36 Å². The first-order valence-corrected chi connectivity index (χ1v) is 7.42. The average molecular weight is 278 g/mol. The van der Waals surface area contributed by atoms with Crippen LogP contribution in [0.25, 0.3) is 10.9 Å². The van der Waals surface area contributed by atoms with Crippen LogP contribution in [0.3, 0.4) is 0 Å². The van der Waals surface area contributed by atoms with Gasteiger partial charge >= 0.3 is 0 Å². The smallest absolute Gasteiger partial charge is 0.262 e. The highest BCUT2D eigenvalue weighted by Gasteiger charge is 2.14. The molecular weight excluding hydrogens is 260 g/mol. The van der Waals surface area contributed by atoms with Gasteiger partial charge in [0.05, 0.1) is 17.5 Å². The number of aromatic nitrogens is 2. The Hall–Kier alpha value is -1.33. The first kappa shape index (κ1) is 14.1. The first-order valence-electron chi connectivity index (χ1n) is 6.44. The Bertz CT molecular complexity index is 624. The highest BCUT2D eigenvalue weighted by molar-refractivity contribution is 7.99. The zero-order chi connectivity index (χ0) is 13.8. The van der Waals surface area contributed by atoms with E-state index in [2.05, 4.69) is 4.98 Å². The fourth-order valence-electron chi connectivity index (χ4n) is 1.94. The molecule has 1 heterocycles. The minimum Gasteiger partial charge on any atom is -0.396 e. The molecule has 0 fully saturated rings. The number of thioether (sulfide) groups is 1. The molecular formula is C14H18N2O2S. The third-order valence-electron chi connectivity index (χ3n) is 3.13. The van der Waals surface area contributed by atoms with Crippen molar-refractivity contribution in [2.45, 2.75) is 31.5 Å². The molecule has 0 aliphatic carbocycles. The van der Waals surface area contributed by atoms with Gasteiger partial charge in [0.1, 0.15) is 0 Å². The number of para-hydroxylation sites is 1. The summed E-state index contributed by atoms with van der Waals surface area (Å²) in [6, 6.07) is 7.49. The van der Waals surface area contributed by atoms with E-state index in [1.54, 1.807) is 4.57 Å². The van der Waals surface area contributed by atoms with Gasteiger partial charge in [0.15, 0.2) is 5.16 Å². The molecule has 0 saturated heterocycles. The van der Waals surface area contributed by atoms with E-state index in [0.717, 1.165) is 6.42 Å².